The molecule has 1 aromatic carbocycles. The van der Waals surface area contributed by atoms with E-state index < -0.39 is 11.6 Å². The highest BCUT2D eigenvalue weighted by atomic mass is 19.1. The number of nitrogens with zero attached hydrogens (tertiary/aromatic N) is 3. The van der Waals surface area contributed by atoms with E-state index >= 15 is 0 Å². The Morgan fingerprint density at radius 2 is 2.08 bits per heavy atom. The summed E-state index contributed by atoms with van der Waals surface area (Å²) in [6, 6.07) is 3.26. The number of piperidine rings is 1. The van der Waals surface area contributed by atoms with Crippen molar-refractivity contribution >= 4 is 5.91 Å². The molecular formula is C17H20F2N4O. The fourth-order valence-electron chi connectivity index (χ4n) is 3.19. The molecule has 1 saturated heterocycles. The van der Waals surface area contributed by atoms with E-state index in [1.165, 1.54) is 16.8 Å². The molecule has 7 heteroatoms. The summed E-state index contributed by atoms with van der Waals surface area (Å²) in [5.74, 6) is -1.52. The molecule has 1 atom stereocenters. The molecule has 128 valence electrons. The molecule has 1 fully saturated rings. The number of rotatable bonds is 2. The van der Waals surface area contributed by atoms with Crippen molar-refractivity contribution in [3.63, 3.8) is 0 Å². The van der Waals surface area contributed by atoms with Crippen LogP contribution in [0.15, 0.2) is 18.2 Å². The van der Waals surface area contributed by atoms with Gasteiger partial charge in [-0.3, -0.25) is 4.79 Å². The number of hydrogen-bond acceptors (Lipinski definition) is 3. The Bertz CT molecular complexity index is 787. The molecule has 1 aliphatic heterocycles. The number of halogens is 2. The van der Waals surface area contributed by atoms with Crippen LogP contribution in [-0.4, -0.2) is 39.7 Å². The van der Waals surface area contributed by atoms with E-state index in [0.717, 1.165) is 18.9 Å². The van der Waals surface area contributed by atoms with Crippen molar-refractivity contribution in [3.05, 3.63) is 46.8 Å². The molecule has 0 spiro atoms. The predicted octanol–water partition coefficient (Wildman–Crippen LogP) is 2.33. The monoisotopic (exact) mass is 334 g/mol. The highest BCUT2D eigenvalue weighted by Gasteiger charge is 2.27. The number of amides is 1. The Hall–Kier alpha value is -2.28. The Morgan fingerprint density at radius 1 is 1.33 bits per heavy atom. The van der Waals surface area contributed by atoms with Gasteiger partial charge in [-0.05, 0) is 38.8 Å². The lowest BCUT2D eigenvalue weighted by molar-refractivity contribution is 0.0707. The summed E-state index contributed by atoms with van der Waals surface area (Å²) in [5.41, 5.74) is 7.56. The van der Waals surface area contributed by atoms with E-state index in [9.17, 15) is 13.6 Å². The van der Waals surface area contributed by atoms with Crippen LogP contribution in [0, 0.1) is 25.5 Å². The van der Waals surface area contributed by atoms with Crippen LogP contribution in [0.3, 0.4) is 0 Å². The average molecular weight is 334 g/mol. The zero-order chi connectivity index (χ0) is 17.4. The van der Waals surface area contributed by atoms with Crippen molar-refractivity contribution in [1.29, 1.82) is 0 Å². The molecule has 3 rings (SSSR count). The third-order valence-electron chi connectivity index (χ3n) is 4.39. The average Bonchev–Trinajstić information content (AvgIpc) is 2.81. The van der Waals surface area contributed by atoms with Crippen LogP contribution < -0.4 is 5.73 Å². The second kappa shape index (κ2) is 6.32. The van der Waals surface area contributed by atoms with Crippen LogP contribution in [0.5, 0.6) is 0 Å². The van der Waals surface area contributed by atoms with E-state index in [-0.39, 0.29) is 17.6 Å². The zero-order valence-corrected chi connectivity index (χ0v) is 13.7. The van der Waals surface area contributed by atoms with Gasteiger partial charge in [-0.15, -0.1) is 0 Å². The van der Waals surface area contributed by atoms with Crippen LogP contribution in [0.4, 0.5) is 8.78 Å². The predicted molar refractivity (Wildman–Crippen MR) is 86.1 cm³/mol. The lowest BCUT2D eigenvalue weighted by Gasteiger charge is -2.30. The van der Waals surface area contributed by atoms with Gasteiger partial charge in [0.1, 0.15) is 11.5 Å². The Labute approximate surface area is 139 Å². The van der Waals surface area contributed by atoms with Crippen molar-refractivity contribution in [1.82, 2.24) is 14.7 Å². The van der Waals surface area contributed by atoms with E-state index in [0.29, 0.717) is 30.0 Å². The largest absolute Gasteiger partial charge is 0.337 e. The first-order chi connectivity index (χ1) is 11.4. The van der Waals surface area contributed by atoms with Gasteiger partial charge in [0.05, 0.1) is 17.0 Å². The van der Waals surface area contributed by atoms with Gasteiger partial charge < -0.3 is 10.6 Å². The topological polar surface area (TPSA) is 64.2 Å². The van der Waals surface area contributed by atoms with Gasteiger partial charge in [0.25, 0.3) is 5.91 Å². The maximum Gasteiger partial charge on any atom is 0.257 e. The number of aryl methyl sites for hydroxylation is 1. The Morgan fingerprint density at radius 3 is 2.75 bits per heavy atom. The smallest absolute Gasteiger partial charge is 0.257 e. The maximum absolute atomic E-state index is 14.1. The Kier molecular flexibility index (Phi) is 4.36. The van der Waals surface area contributed by atoms with Gasteiger partial charge >= 0.3 is 0 Å². The first-order valence-electron chi connectivity index (χ1n) is 7.95. The number of benzene rings is 1. The number of carbonyl (C=O) groups is 1. The molecule has 1 aliphatic rings. The lowest BCUT2D eigenvalue weighted by Crippen LogP contribution is -2.46. The SMILES string of the molecule is Cc1nn(-c2ccc(F)cc2F)c(C)c1C(=O)N1CCCC(N)C1. The van der Waals surface area contributed by atoms with E-state index in [2.05, 4.69) is 5.10 Å². The first-order valence-corrected chi connectivity index (χ1v) is 7.95. The van der Waals surface area contributed by atoms with Crippen LogP contribution in [-0.2, 0) is 0 Å². The molecule has 24 heavy (non-hydrogen) atoms. The van der Waals surface area contributed by atoms with Crippen LogP contribution in [0.1, 0.15) is 34.6 Å². The standard InChI is InChI=1S/C17H20F2N4O/c1-10-16(17(24)22-7-3-4-13(20)9-22)11(2)23(21-10)15-6-5-12(18)8-14(15)19/h5-6,8,13H,3-4,7,9,20H2,1-2H3. The minimum Gasteiger partial charge on any atom is -0.337 e. The lowest BCUT2D eigenvalue weighted by atomic mass is 10.0. The number of aromatic nitrogens is 2. The first kappa shape index (κ1) is 16.6. The van der Waals surface area contributed by atoms with Crippen molar-refractivity contribution in [2.45, 2.75) is 32.7 Å². The number of nitrogens with two attached hydrogens (primary N) is 1. The van der Waals surface area contributed by atoms with Crippen LogP contribution in [0.25, 0.3) is 5.69 Å². The second-order valence-electron chi connectivity index (χ2n) is 6.21. The summed E-state index contributed by atoms with van der Waals surface area (Å²) in [6.45, 7) is 4.58. The summed E-state index contributed by atoms with van der Waals surface area (Å²) < 4.78 is 28.5. The van der Waals surface area contributed by atoms with Crippen molar-refractivity contribution in [2.24, 2.45) is 5.73 Å². The molecule has 0 bridgehead atoms. The van der Waals surface area contributed by atoms with Gasteiger partial charge in [0.15, 0.2) is 5.82 Å². The van der Waals surface area contributed by atoms with Gasteiger partial charge in [-0.1, -0.05) is 0 Å². The summed E-state index contributed by atoms with van der Waals surface area (Å²) >= 11 is 0. The fraction of sp³-hybridized carbons (Fsp3) is 0.412. The summed E-state index contributed by atoms with van der Waals surface area (Å²) in [7, 11) is 0. The van der Waals surface area contributed by atoms with Gasteiger partial charge in [0, 0.05) is 25.2 Å². The van der Waals surface area contributed by atoms with E-state index in [1.807, 2.05) is 0 Å². The van der Waals surface area contributed by atoms with Crippen molar-refractivity contribution < 1.29 is 13.6 Å². The van der Waals surface area contributed by atoms with Gasteiger partial charge in [-0.25, -0.2) is 13.5 Å². The van der Waals surface area contributed by atoms with Crippen molar-refractivity contribution in [3.8, 4) is 5.69 Å². The normalized spacial score (nSPS) is 18.0. The number of hydrogen-bond donors (Lipinski definition) is 1. The van der Waals surface area contributed by atoms with Gasteiger partial charge in [-0.2, -0.15) is 5.10 Å². The Balaban J connectivity index is 1.99. The highest BCUT2D eigenvalue weighted by molar-refractivity contribution is 5.96. The van der Waals surface area contributed by atoms with Crippen molar-refractivity contribution in [2.75, 3.05) is 13.1 Å². The summed E-state index contributed by atoms with van der Waals surface area (Å²) in [5, 5.41) is 4.28. The molecule has 0 radical (unpaired) electrons. The van der Waals surface area contributed by atoms with Crippen LogP contribution in [0.2, 0.25) is 0 Å². The van der Waals surface area contributed by atoms with Crippen LogP contribution >= 0.6 is 0 Å². The third-order valence-corrected chi connectivity index (χ3v) is 4.39. The zero-order valence-electron chi connectivity index (χ0n) is 13.7. The third kappa shape index (κ3) is 2.91. The number of carbonyl (C=O) groups excluding carboxylic acids is 1. The van der Waals surface area contributed by atoms with Gasteiger partial charge in [0.2, 0.25) is 0 Å². The summed E-state index contributed by atoms with van der Waals surface area (Å²) in [4.78, 5) is 14.6. The summed E-state index contributed by atoms with van der Waals surface area (Å²) in [6.07, 6.45) is 1.77. The molecule has 5 nitrogen and oxygen atoms in total. The maximum atomic E-state index is 14.1. The molecule has 1 unspecified atom stereocenters. The molecule has 2 heterocycles. The highest BCUT2D eigenvalue weighted by Crippen LogP contribution is 2.23. The molecule has 1 aromatic heterocycles. The minimum atomic E-state index is -0.723. The molecule has 0 saturated carbocycles. The molecule has 0 aliphatic carbocycles. The molecular weight excluding hydrogens is 314 g/mol. The molecule has 2 aromatic rings. The quantitative estimate of drug-likeness (QED) is 0.917. The minimum absolute atomic E-state index is 0.0205. The fourth-order valence-corrected chi connectivity index (χ4v) is 3.19. The molecule has 2 N–H and O–H groups in total. The number of likely N-dealkylation sites (tertiary alicyclic amines) is 1. The van der Waals surface area contributed by atoms with E-state index in [4.69, 9.17) is 5.73 Å². The second-order valence-corrected chi connectivity index (χ2v) is 6.21. The molecule has 1 amide bonds. The van der Waals surface area contributed by atoms with E-state index in [1.54, 1.807) is 18.7 Å².